The molecule has 0 radical (unpaired) electrons. The fraction of sp³-hybridized carbons (Fsp3) is 0.316. The second-order valence-electron chi connectivity index (χ2n) is 6.09. The smallest absolute Gasteiger partial charge is 0.191 e. The van der Waals surface area contributed by atoms with Crippen LogP contribution in [0.1, 0.15) is 12.0 Å². The number of hydrogen-bond acceptors (Lipinski definition) is 2. The number of anilines is 1. The molecule has 1 aliphatic rings. The summed E-state index contributed by atoms with van der Waals surface area (Å²) in [4.78, 5) is 6.64. The topological polar surface area (TPSA) is 39.7 Å². The van der Waals surface area contributed by atoms with Crippen molar-refractivity contribution in [3.63, 3.8) is 0 Å². The molecule has 0 spiro atoms. The van der Waals surface area contributed by atoms with Crippen LogP contribution in [0.3, 0.4) is 0 Å². The number of halogens is 2. The Labute approximate surface area is 152 Å². The molecule has 2 N–H and O–H groups in total. The zero-order valence-corrected chi connectivity index (χ0v) is 14.9. The van der Waals surface area contributed by atoms with Gasteiger partial charge in [0.15, 0.2) is 5.96 Å². The van der Waals surface area contributed by atoms with Crippen LogP contribution in [-0.2, 0) is 6.54 Å². The number of rotatable bonds is 4. The van der Waals surface area contributed by atoms with Crippen molar-refractivity contribution in [2.75, 3.05) is 25.0 Å². The van der Waals surface area contributed by atoms with Gasteiger partial charge in [0, 0.05) is 38.4 Å². The molecule has 0 aromatic heterocycles. The summed E-state index contributed by atoms with van der Waals surface area (Å²) in [7, 11) is 1.75. The monoisotopic (exact) mass is 360 g/mol. The lowest BCUT2D eigenvalue weighted by Gasteiger charge is -2.20. The molecule has 0 amide bonds. The molecular weight excluding hydrogens is 339 g/mol. The third-order valence-corrected chi connectivity index (χ3v) is 4.61. The van der Waals surface area contributed by atoms with Gasteiger partial charge < -0.3 is 15.5 Å². The van der Waals surface area contributed by atoms with E-state index in [9.17, 15) is 4.39 Å². The Morgan fingerprint density at radius 3 is 2.80 bits per heavy atom. The summed E-state index contributed by atoms with van der Waals surface area (Å²) >= 11 is 5.82. The molecule has 0 saturated carbocycles. The van der Waals surface area contributed by atoms with Crippen LogP contribution in [0.2, 0.25) is 5.02 Å². The van der Waals surface area contributed by atoms with E-state index in [1.807, 2.05) is 6.07 Å². The predicted molar refractivity (Wildman–Crippen MR) is 102 cm³/mol. The van der Waals surface area contributed by atoms with Crippen molar-refractivity contribution < 1.29 is 4.39 Å². The van der Waals surface area contributed by atoms with Gasteiger partial charge in [0.2, 0.25) is 0 Å². The fourth-order valence-corrected chi connectivity index (χ4v) is 3.18. The molecule has 1 heterocycles. The molecule has 1 aliphatic heterocycles. The van der Waals surface area contributed by atoms with E-state index < -0.39 is 5.82 Å². The Balaban J connectivity index is 1.52. The van der Waals surface area contributed by atoms with E-state index in [1.54, 1.807) is 19.2 Å². The summed E-state index contributed by atoms with van der Waals surface area (Å²) in [5.41, 5.74) is 2.15. The summed E-state index contributed by atoms with van der Waals surface area (Å²) in [5, 5.41) is 6.84. The second kappa shape index (κ2) is 8.21. The van der Waals surface area contributed by atoms with Gasteiger partial charge in [0.25, 0.3) is 0 Å². The van der Waals surface area contributed by atoms with E-state index in [2.05, 4.69) is 44.8 Å². The number of guanidine groups is 1. The highest BCUT2D eigenvalue weighted by Gasteiger charge is 2.23. The molecule has 4 nitrogen and oxygen atoms in total. The van der Waals surface area contributed by atoms with E-state index in [1.165, 1.54) is 11.8 Å². The third-order valence-electron chi connectivity index (χ3n) is 4.32. The summed E-state index contributed by atoms with van der Waals surface area (Å²) in [6.45, 7) is 2.49. The molecule has 1 saturated heterocycles. The van der Waals surface area contributed by atoms with Gasteiger partial charge in [-0.2, -0.15) is 0 Å². The number of para-hydroxylation sites is 1. The third kappa shape index (κ3) is 4.63. The van der Waals surface area contributed by atoms with Crippen molar-refractivity contribution in [3.05, 3.63) is 64.9 Å². The quantitative estimate of drug-likeness (QED) is 0.648. The van der Waals surface area contributed by atoms with Gasteiger partial charge >= 0.3 is 0 Å². The van der Waals surface area contributed by atoms with E-state index in [-0.39, 0.29) is 5.02 Å². The Morgan fingerprint density at radius 1 is 1.28 bits per heavy atom. The number of nitrogens with zero attached hydrogens (tertiary/aromatic N) is 2. The van der Waals surface area contributed by atoms with Gasteiger partial charge in [-0.15, -0.1) is 0 Å². The molecule has 6 heteroatoms. The van der Waals surface area contributed by atoms with Gasteiger partial charge in [0.1, 0.15) is 5.82 Å². The first-order valence-corrected chi connectivity index (χ1v) is 8.74. The molecule has 1 atom stereocenters. The summed E-state index contributed by atoms with van der Waals surface area (Å²) in [5.74, 6) is 0.334. The number of benzene rings is 2. The maximum absolute atomic E-state index is 13.2. The van der Waals surface area contributed by atoms with E-state index in [0.29, 0.717) is 12.6 Å². The highest BCUT2D eigenvalue weighted by Crippen LogP contribution is 2.19. The van der Waals surface area contributed by atoms with E-state index in [0.717, 1.165) is 31.0 Å². The first-order valence-electron chi connectivity index (χ1n) is 8.37. The zero-order chi connectivity index (χ0) is 17.6. The van der Waals surface area contributed by atoms with Crippen LogP contribution in [0.4, 0.5) is 10.1 Å². The number of nitrogens with one attached hydrogen (secondary N) is 2. The van der Waals surface area contributed by atoms with Gasteiger partial charge in [-0.3, -0.25) is 4.99 Å². The predicted octanol–water partition coefficient (Wildman–Crippen LogP) is 3.42. The SMILES string of the molecule is CN=C(NCc1ccc(F)c(Cl)c1)NC1CCN(c2ccccc2)C1. The first-order chi connectivity index (χ1) is 12.2. The van der Waals surface area contributed by atoms with Crippen LogP contribution in [0.5, 0.6) is 0 Å². The summed E-state index contributed by atoms with van der Waals surface area (Å²) in [6.07, 6.45) is 1.05. The molecule has 0 aliphatic carbocycles. The minimum Gasteiger partial charge on any atom is -0.369 e. The van der Waals surface area contributed by atoms with Gasteiger partial charge in [0.05, 0.1) is 5.02 Å². The lowest BCUT2D eigenvalue weighted by Crippen LogP contribution is -2.44. The Kier molecular flexibility index (Phi) is 5.76. The maximum atomic E-state index is 13.2. The van der Waals surface area contributed by atoms with Crippen molar-refractivity contribution >= 4 is 23.2 Å². The van der Waals surface area contributed by atoms with Gasteiger partial charge in [-0.1, -0.05) is 35.9 Å². The molecule has 0 bridgehead atoms. The standard InChI is InChI=1S/C19H22ClFN4/c1-22-19(23-12-14-7-8-18(21)17(20)11-14)24-15-9-10-25(13-15)16-5-3-2-4-6-16/h2-8,11,15H,9-10,12-13H2,1H3,(H2,22,23,24). The fourth-order valence-electron chi connectivity index (χ4n) is 2.97. The highest BCUT2D eigenvalue weighted by molar-refractivity contribution is 6.30. The average molecular weight is 361 g/mol. The Hall–Kier alpha value is -2.27. The van der Waals surface area contributed by atoms with Crippen molar-refractivity contribution in [2.45, 2.75) is 19.0 Å². The van der Waals surface area contributed by atoms with E-state index in [4.69, 9.17) is 11.6 Å². The first kappa shape index (κ1) is 17.5. The number of hydrogen-bond donors (Lipinski definition) is 2. The zero-order valence-electron chi connectivity index (χ0n) is 14.2. The molecule has 3 rings (SSSR count). The lowest BCUT2D eigenvalue weighted by molar-refractivity contribution is 0.626. The minimum atomic E-state index is -0.403. The molecule has 1 fully saturated rings. The maximum Gasteiger partial charge on any atom is 0.191 e. The second-order valence-corrected chi connectivity index (χ2v) is 6.49. The van der Waals surface area contributed by atoms with Crippen LogP contribution in [0, 0.1) is 5.82 Å². The van der Waals surface area contributed by atoms with Crippen LogP contribution < -0.4 is 15.5 Å². The normalized spacial score (nSPS) is 17.6. The highest BCUT2D eigenvalue weighted by atomic mass is 35.5. The van der Waals surface area contributed by atoms with Crippen molar-refractivity contribution in [1.82, 2.24) is 10.6 Å². The van der Waals surface area contributed by atoms with Crippen LogP contribution in [0.15, 0.2) is 53.5 Å². The van der Waals surface area contributed by atoms with Crippen LogP contribution in [-0.4, -0.2) is 32.1 Å². The largest absolute Gasteiger partial charge is 0.369 e. The van der Waals surface area contributed by atoms with Crippen LogP contribution >= 0.6 is 11.6 Å². The van der Waals surface area contributed by atoms with Crippen LogP contribution in [0.25, 0.3) is 0 Å². The molecule has 132 valence electrons. The molecule has 2 aromatic rings. The molecule has 1 unspecified atom stereocenters. The average Bonchev–Trinajstić information content (AvgIpc) is 3.11. The van der Waals surface area contributed by atoms with Crippen molar-refractivity contribution in [2.24, 2.45) is 4.99 Å². The van der Waals surface area contributed by atoms with Crippen molar-refractivity contribution in [3.8, 4) is 0 Å². The summed E-state index contributed by atoms with van der Waals surface area (Å²) in [6, 6.07) is 15.5. The molecule has 25 heavy (non-hydrogen) atoms. The molecular formula is C19H22ClFN4. The van der Waals surface area contributed by atoms with Crippen molar-refractivity contribution in [1.29, 1.82) is 0 Å². The minimum absolute atomic E-state index is 0.136. The van der Waals surface area contributed by atoms with Gasteiger partial charge in [-0.05, 0) is 36.2 Å². The number of aliphatic imine (C=N–C) groups is 1. The van der Waals surface area contributed by atoms with Gasteiger partial charge in [-0.25, -0.2) is 4.39 Å². The Bertz CT molecular complexity index is 735. The Morgan fingerprint density at radius 2 is 2.08 bits per heavy atom. The molecule has 2 aromatic carbocycles. The lowest BCUT2D eigenvalue weighted by atomic mass is 10.2. The van der Waals surface area contributed by atoms with E-state index >= 15 is 0 Å². The summed E-state index contributed by atoms with van der Waals surface area (Å²) < 4.78 is 13.2.